The first-order chi connectivity index (χ1) is 8.29. The van der Waals surface area contributed by atoms with Gasteiger partial charge in [-0.2, -0.15) is 0 Å². The molecule has 0 radical (unpaired) electrons. The minimum absolute atomic E-state index is 0.790. The molecule has 0 saturated heterocycles. The third-order valence-electron chi connectivity index (χ3n) is 3.71. The second-order valence-electron chi connectivity index (χ2n) is 4.95. The van der Waals surface area contributed by atoms with E-state index >= 15 is 0 Å². The lowest BCUT2D eigenvalue weighted by atomic mass is 9.82. The molecule has 0 unspecified atom stereocenters. The predicted molar refractivity (Wildman–Crippen MR) is 78.2 cm³/mol. The van der Waals surface area contributed by atoms with Crippen LogP contribution < -0.4 is 11.1 Å². The van der Waals surface area contributed by atoms with Crippen molar-refractivity contribution in [2.75, 3.05) is 13.1 Å². The van der Waals surface area contributed by atoms with E-state index in [-0.39, 0.29) is 0 Å². The van der Waals surface area contributed by atoms with E-state index in [0.717, 1.165) is 31.5 Å². The van der Waals surface area contributed by atoms with Gasteiger partial charge in [0.15, 0.2) is 0 Å². The van der Waals surface area contributed by atoms with Gasteiger partial charge in [0.1, 0.15) is 0 Å². The van der Waals surface area contributed by atoms with Crippen LogP contribution in [0, 0.1) is 11.8 Å². The van der Waals surface area contributed by atoms with Crippen LogP contribution >= 0.6 is 27.3 Å². The minimum atomic E-state index is 0.790. The lowest BCUT2D eigenvalue weighted by molar-refractivity contribution is 0.272. The van der Waals surface area contributed by atoms with Crippen molar-refractivity contribution in [2.24, 2.45) is 17.6 Å². The van der Waals surface area contributed by atoms with Crippen LogP contribution in [0.5, 0.6) is 0 Å². The zero-order chi connectivity index (χ0) is 12.1. The highest BCUT2D eigenvalue weighted by Crippen LogP contribution is 2.28. The maximum Gasteiger partial charge on any atom is 0.0327 e. The number of halogens is 1. The largest absolute Gasteiger partial charge is 0.330 e. The quantitative estimate of drug-likeness (QED) is 0.874. The van der Waals surface area contributed by atoms with E-state index in [0.29, 0.717) is 0 Å². The highest BCUT2D eigenvalue weighted by Gasteiger charge is 2.19. The molecule has 0 aromatic carbocycles. The summed E-state index contributed by atoms with van der Waals surface area (Å²) in [6, 6.07) is 2.12. The van der Waals surface area contributed by atoms with Crippen LogP contribution in [-0.2, 0) is 6.54 Å². The van der Waals surface area contributed by atoms with Crippen molar-refractivity contribution in [3.05, 3.63) is 20.8 Å². The van der Waals surface area contributed by atoms with Crippen LogP contribution in [0.25, 0.3) is 0 Å². The molecule has 0 spiro atoms. The molecule has 1 aliphatic carbocycles. The zero-order valence-corrected chi connectivity index (χ0v) is 12.5. The van der Waals surface area contributed by atoms with Gasteiger partial charge in [0.25, 0.3) is 0 Å². The van der Waals surface area contributed by atoms with Gasteiger partial charge in [-0.1, -0.05) is 0 Å². The Morgan fingerprint density at radius 1 is 1.29 bits per heavy atom. The molecular weight excluding hydrogens is 296 g/mol. The molecule has 3 N–H and O–H groups in total. The molecule has 4 heteroatoms. The van der Waals surface area contributed by atoms with Gasteiger partial charge in [-0.15, -0.1) is 11.3 Å². The number of hydrogen-bond donors (Lipinski definition) is 2. The second-order valence-corrected chi connectivity index (χ2v) is 6.80. The van der Waals surface area contributed by atoms with Crippen molar-refractivity contribution in [1.82, 2.24) is 5.32 Å². The fourth-order valence-electron chi connectivity index (χ4n) is 2.51. The molecule has 2 nitrogen and oxygen atoms in total. The summed E-state index contributed by atoms with van der Waals surface area (Å²) in [5.41, 5.74) is 5.71. The van der Waals surface area contributed by atoms with Gasteiger partial charge in [-0.3, -0.25) is 0 Å². The monoisotopic (exact) mass is 316 g/mol. The Hall–Kier alpha value is 0.100. The van der Waals surface area contributed by atoms with Gasteiger partial charge in [0.2, 0.25) is 0 Å². The van der Waals surface area contributed by atoms with Crippen molar-refractivity contribution >= 4 is 27.3 Å². The maximum absolute atomic E-state index is 5.71. The van der Waals surface area contributed by atoms with Crippen LogP contribution in [-0.4, -0.2) is 13.1 Å². The first kappa shape index (κ1) is 13.5. The summed E-state index contributed by atoms with van der Waals surface area (Å²) in [5, 5.41) is 5.71. The standard InChI is InChI=1S/C13H21BrN2S/c14-12-5-6-17-13(12)9-16-8-11-3-1-10(7-15)2-4-11/h5-6,10-11,16H,1-4,7-9,15H2. The lowest BCUT2D eigenvalue weighted by Crippen LogP contribution is -2.28. The average molecular weight is 317 g/mol. The molecule has 1 fully saturated rings. The molecular formula is C13H21BrN2S. The number of nitrogens with two attached hydrogens (primary N) is 1. The summed E-state index contributed by atoms with van der Waals surface area (Å²) in [6.45, 7) is 3.03. The third-order valence-corrected chi connectivity index (χ3v) is 5.64. The summed E-state index contributed by atoms with van der Waals surface area (Å²) in [5.74, 6) is 1.65. The molecule has 0 amide bonds. The average Bonchev–Trinajstić information content (AvgIpc) is 2.76. The summed E-state index contributed by atoms with van der Waals surface area (Å²) < 4.78 is 1.24. The van der Waals surface area contributed by atoms with Crippen molar-refractivity contribution < 1.29 is 0 Å². The molecule has 1 saturated carbocycles. The number of rotatable bonds is 5. The van der Waals surface area contributed by atoms with Crippen molar-refractivity contribution in [2.45, 2.75) is 32.2 Å². The minimum Gasteiger partial charge on any atom is -0.330 e. The molecule has 1 aromatic heterocycles. The predicted octanol–water partition coefficient (Wildman–Crippen LogP) is 3.37. The van der Waals surface area contributed by atoms with Crippen LogP contribution in [0.2, 0.25) is 0 Å². The Kier molecular flexibility index (Phi) is 5.48. The van der Waals surface area contributed by atoms with Crippen molar-refractivity contribution in [1.29, 1.82) is 0 Å². The van der Waals surface area contributed by atoms with Crippen molar-refractivity contribution in [3.8, 4) is 0 Å². The molecule has 17 heavy (non-hydrogen) atoms. The first-order valence-electron chi connectivity index (χ1n) is 6.42. The molecule has 96 valence electrons. The Balaban J connectivity index is 1.65. The SMILES string of the molecule is NCC1CCC(CNCc2sccc2Br)CC1. The highest BCUT2D eigenvalue weighted by atomic mass is 79.9. The van der Waals surface area contributed by atoms with E-state index in [4.69, 9.17) is 5.73 Å². The van der Waals surface area contributed by atoms with E-state index in [9.17, 15) is 0 Å². The lowest BCUT2D eigenvalue weighted by Gasteiger charge is -2.27. The van der Waals surface area contributed by atoms with Crippen LogP contribution in [0.3, 0.4) is 0 Å². The van der Waals surface area contributed by atoms with Crippen LogP contribution in [0.1, 0.15) is 30.6 Å². The summed E-state index contributed by atoms with van der Waals surface area (Å²) >= 11 is 5.38. The smallest absolute Gasteiger partial charge is 0.0327 e. The molecule has 1 aromatic rings. The molecule has 0 atom stereocenters. The number of hydrogen-bond acceptors (Lipinski definition) is 3. The fraction of sp³-hybridized carbons (Fsp3) is 0.692. The third kappa shape index (κ3) is 4.05. The van der Waals surface area contributed by atoms with Crippen LogP contribution in [0.4, 0.5) is 0 Å². The van der Waals surface area contributed by atoms with Crippen LogP contribution in [0.15, 0.2) is 15.9 Å². The van der Waals surface area contributed by atoms with Gasteiger partial charge in [-0.25, -0.2) is 0 Å². The van der Waals surface area contributed by atoms with E-state index in [1.165, 1.54) is 35.0 Å². The van der Waals surface area contributed by atoms with Gasteiger partial charge in [0.05, 0.1) is 0 Å². The Labute approximate surface area is 116 Å². The zero-order valence-electron chi connectivity index (χ0n) is 10.1. The Bertz CT molecular complexity index is 332. The molecule has 1 heterocycles. The van der Waals surface area contributed by atoms with Gasteiger partial charge in [0, 0.05) is 15.9 Å². The Morgan fingerprint density at radius 2 is 2.00 bits per heavy atom. The highest BCUT2D eigenvalue weighted by molar-refractivity contribution is 9.10. The van der Waals surface area contributed by atoms with Gasteiger partial charge < -0.3 is 11.1 Å². The van der Waals surface area contributed by atoms with Gasteiger partial charge in [-0.05, 0) is 78.0 Å². The maximum atomic E-state index is 5.71. The number of nitrogens with one attached hydrogen (secondary N) is 1. The summed E-state index contributed by atoms with van der Waals surface area (Å²) in [6.07, 6.45) is 5.35. The normalized spacial score (nSPS) is 25.1. The van der Waals surface area contributed by atoms with E-state index in [1.807, 2.05) is 11.3 Å². The van der Waals surface area contributed by atoms with Crippen molar-refractivity contribution in [3.63, 3.8) is 0 Å². The topological polar surface area (TPSA) is 38.0 Å². The summed E-state index contributed by atoms with van der Waals surface area (Å²) in [7, 11) is 0. The van der Waals surface area contributed by atoms with E-state index in [2.05, 4.69) is 32.7 Å². The molecule has 1 aliphatic rings. The summed E-state index contributed by atoms with van der Waals surface area (Å²) in [4.78, 5) is 1.40. The molecule has 2 rings (SSSR count). The van der Waals surface area contributed by atoms with E-state index < -0.39 is 0 Å². The first-order valence-corrected chi connectivity index (χ1v) is 8.09. The van der Waals surface area contributed by atoms with E-state index in [1.54, 1.807) is 0 Å². The number of thiophene rings is 1. The fourth-order valence-corrected chi connectivity index (χ4v) is 3.97. The van der Waals surface area contributed by atoms with Gasteiger partial charge >= 0.3 is 0 Å². The molecule has 0 aliphatic heterocycles. The second kappa shape index (κ2) is 6.88. The molecule has 0 bridgehead atoms. The Morgan fingerprint density at radius 3 is 2.59 bits per heavy atom.